The predicted molar refractivity (Wildman–Crippen MR) is 102 cm³/mol. The van der Waals surface area contributed by atoms with Crippen molar-refractivity contribution in [2.24, 2.45) is 11.0 Å². The monoisotopic (exact) mass is 338 g/mol. The first kappa shape index (κ1) is 16.6. The molecule has 0 radical (unpaired) electrons. The van der Waals surface area contributed by atoms with E-state index in [1.54, 1.807) is 4.68 Å². The van der Waals surface area contributed by atoms with Crippen molar-refractivity contribution < 1.29 is 0 Å². The van der Waals surface area contributed by atoms with Crippen LogP contribution >= 0.6 is 12.2 Å². The normalized spacial score (nSPS) is 11.8. The van der Waals surface area contributed by atoms with E-state index >= 15 is 0 Å². The molecule has 0 unspecified atom stereocenters. The number of hydrogen-bond donors (Lipinski definition) is 1. The van der Waals surface area contributed by atoms with E-state index in [1.165, 1.54) is 16.3 Å². The lowest BCUT2D eigenvalue weighted by atomic mass is 10.0. The van der Waals surface area contributed by atoms with Gasteiger partial charge in [0.05, 0.1) is 0 Å². The minimum Gasteiger partial charge on any atom is -0.250 e. The highest BCUT2D eigenvalue weighted by atomic mass is 32.1. The lowest BCUT2D eigenvalue weighted by Crippen LogP contribution is -2.04. The molecule has 0 amide bonds. The van der Waals surface area contributed by atoms with Crippen LogP contribution in [0.25, 0.3) is 10.8 Å². The Kier molecular flexibility index (Phi) is 5.20. The van der Waals surface area contributed by atoms with Crippen molar-refractivity contribution >= 4 is 29.2 Å². The van der Waals surface area contributed by atoms with Crippen molar-refractivity contribution in [2.75, 3.05) is 0 Å². The van der Waals surface area contributed by atoms with Crippen LogP contribution in [-0.2, 0) is 6.42 Å². The minimum absolute atomic E-state index is 0.465. The van der Waals surface area contributed by atoms with E-state index in [4.69, 9.17) is 12.2 Å². The SMILES string of the molecule is CCC(/C=N\n1c(Cc2cccc3ccccc23)n[nH]c1=S)CC. The van der Waals surface area contributed by atoms with Crippen molar-refractivity contribution in [2.45, 2.75) is 33.1 Å². The van der Waals surface area contributed by atoms with Gasteiger partial charge in [0.25, 0.3) is 0 Å². The smallest absolute Gasteiger partial charge is 0.216 e. The third-order valence-corrected chi connectivity index (χ3v) is 4.65. The second-order valence-corrected chi connectivity index (χ2v) is 6.30. The summed E-state index contributed by atoms with van der Waals surface area (Å²) in [5.74, 6) is 1.30. The van der Waals surface area contributed by atoms with Crippen molar-refractivity contribution in [1.29, 1.82) is 0 Å². The summed E-state index contributed by atoms with van der Waals surface area (Å²) >= 11 is 5.34. The van der Waals surface area contributed by atoms with Crippen molar-refractivity contribution in [1.82, 2.24) is 14.9 Å². The van der Waals surface area contributed by atoms with E-state index in [0.717, 1.165) is 18.7 Å². The fourth-order valence-corrected chi connectivity index (χ4v) is 3.03. The van der Waals surface area contributed by atoms with Crippen LogP contribution in [0.4, 0.5) is 0 Å². The fourth-order valence-electron chi connectivity index (χ4n) is 2.84. The molecule has 1 N–H and O–H groups in total. The molecule has 0 aliphatic carbocycles. The molecule has 3 aromatic rings. The molecule has 2 aromatic carbocycles. The number of fused-ring (bicyclic) bond motifs is 1. The maximum Gasteiger partial charge on any atom is 0.216 e. The lowest BCUT2D eigenvalue weighted by molar-refractivity contribution is 0.645. The van der Waals surface area contributed by atoms with Gasteiger partial charge in [0.15, 0.2) is 5.82 Å². The molecule has 3 rings (SSSR count). The molecule has 4 nitrogen and oxygen atoms in total. The Morgan fingerprint density at radius 2 is 1.92 bits per heavy atom. The van der Waals surface area contributed by atoms with Gasteiger partial charge in [-0.25, -0.2) is 0 Å². The Morgan fingerprint density at radius 1 is 1.17 bits per heavy atom. The van der Waals surface area contributed by atoms with Crippen LogP contribution in [-0.4, -0.2) is 21.1 Å². The molecular weight excluding hydrogens is 316 g/mol. The van der Waals surface area contributed by atoms with E-state index in [1.807, 2.05) is 6.21 Å². The first-order chi connectivity index (χ1) is 11.7. The van der Waals surface area contributed by atoms with Crippen molar-refractivity contribution in [3.8, 4) is 0 Å². The molecule has 1 heterocycles. The van der Waals surface area contributed by atoms with Crippen LogP contribution in [0.15, 0.2) is 47.6 Å². The van der Waals surface area contributed by atoms with Gasteiger partial charge in [0.1, 0.15) is 0 Å². The van der Waals surface area contributed by atoms with E-state index < -0.39 is 0 Å². The van der Waals surface area contributed by atoms with Gasteiger partial charge in [-0.3, -0.25) is 5.10 Å². The first-order valence-corrected chi connectivity index (χ1v) is 8.81. The van der Waals surface area contributed by atoms with Gasteiger partial charge >= 0.3 is 0 Å². The standard InChI is InChI=1S/C19H22N4S/c1-3-14(4-2)13-20-23-18(21-22-19(23)24)12-16-10-7-9-15-8-5-6-11-17(15)16/h5-11,13-14H,3-4,12H2,1-2H3,(H,22,24)/b20-13-. The Morgan fingerprint density at radius 3 is 2.71 bits per heavy atom. The molecule has 0 bridgehead atoms. The number of H-pyrrole nitrogens is 1. The molecule has 24 heavy (non-hydrogen) atoms. The molecule has 0 saturated heterocycles. The second kappa shape index (κ2) is 7.53. The minimum atomic E-state index is 0.465. The fraction of sp³-hybridized carbons (Fsp3) is 0.316. The average molecular weight is 338 g/mol. The maximum atomic E-state index is 5.34. The summed E-state index contributed by atoms with van der Waals surface area (Å²) in [6, 6.07) is 14.7. The number of benzene rings is 2. The predicted octanol–water partition coefficient (Wildman–Crippen LogP) is 4.95. The van der Waals surface area contributed by atoms with Crippen LogP contribution in [0.1, 0.15) is 38.1 Å². The summed E-state index contributed by atoms with van der Waals surface area (Å²) in [6.07, 6.45) is 4.82. The topological polar surface area (TPSA) is 46.0 Å². The highest BCUT2D eigenvalue weighted by Gasteiger charge is 2.09. The second-order valence-electron chi connectivity index (χ2n) is 5.91. The molecule has 0 aliphatic rings. The van der Waals surface area contributed by atoms with Gasteiger partial charge in [0.2, 0.25) is 4.77 Å². The van der Waals surface area contributed by atoms with Crippen LogP contribution in [0, 0.1) is 10.7 Å². The summed E-state index contributed by atoms with van der Waals surface area (Å²) in [6.45, 7) is 4.34. The van der Waals surface area contributed by atoms with Gasteiger partial charge in [-0.1, -0.05) is 56.3 Å². The van der Waals surface area contributed by atoms with Gasteiger partial charge in [-0.2, -0.15) is 14.9 Å². The summed E-state index contributed by atoms with van der Waals surface area (Å²) < 4.78 is 2.28. The van der Waals surface area contributed by atoms with Crippen molar-refractivity contribution in [3.05, 3.63) is 58.6 Å². The van der Waals surface area contributed by atoms with E-state index in [-0.39, 0.29) is 0 Å². The van der Waals surface area contributed by atoms with Crippen LogP contribution < -0.4 is 0 Å². The third-order valence-electron chi connectivity index (χ3n) is 4.39. The maximum absolute atomic E-state index is 5.34. The summed E-state index contributed by atoms with van der Waals surface area (Å²) in [4.78, 5) is 0. The van der Waals surface area contributed by atoms with Gasteiger partial charge in [0, 0.05) is 12.6 Å². The molecule has 0 saturated carbocycles. The molecule has 1 aromatic heterocycles. The van der Waals surface area contributed by atoms with Crippen LogP contribution in [0.3, 0.4) is 0 Å². The number of aromatic amines is 1. The molecule has 124 valence electrons. The van der Waals surface area contributed by atoms with Gasteiger partial charge in [-0.15, -0.1) is 0 Å². The zero-order valence-electron chi connectivity index (χ0n) is 14.1. The quantitative estimate of drug-likeness (QED) is 0.510. The molecule has 5 heteroatoms. The van der Waals surface area contributed by atoms with Crippen LogP contribution in [0.5, 0.6) is 0 Å². The number of rotatable bonds is 6. The summed E-state index contributed by atoms with van der Waals surface area (Å²) in [5, 5.41) is 14.3. The van der Waals surface area contributed by atoms with Crippen molar-refractivity contribution in [3.63, 3.8) is 0 Å². The molecule has 0 fully saturated rings. The first-order valence-electron chi connectivity index (χ1n) is 8.40. The average Bonchev–Trinajstić information content (AvgIpc) is 2.96. The molecular formula is C19H22N4S. The van der Waals surface area contributed by atoms with Crippen LogP contribution in [0.2, 0.25) is 0 Å². The Labute approximate surface area is 147 Å². The number of nitrogens with zero attached hydrogens (tertiary/aromatic N) is 3. The zero-order valence-corrected chi connectivity index (χ0v) is 14.9. The highest BCUT2D eigenvalue weighted by molar-refractivity contribution is 7.71. The highest BCUT2D eigenvalue weighted by Crippen LogP contribution is 2.20. The molecule has 0 aliphatic heterocycles. The summed E-state index contributed by atoms with van der Waals surface area (Å²) in [5.41, 5.74) is 1.22. The number of aromatic nitrogens is 3. The Bertz CT molecular complexity index is 898. The van der Waals surface area contributed by atoms with E-state index in [9.17, 15) is 0 Å². The third kappa shape index (κ3) is 3.46. The largest absolute Gasteiger partial charge is 0.250 e. The van der Waals surface area contributed by atoms with Gasteiger partial charge < -0.3 is 0 Å². The number of nitrogens with one attached hydrogen (secondary N) is 1. The Balaban J connectivity index is 1.95. The number of hydrogen-bond acceptors (Lipinski definition) is 3. The Hall–Kier alpha value is -2.27. The summed E-state index contributed by atoms with van der Waals surface area (Å²) in [7, 11) is 0. The van der Waals surface area contributed by atoms with Gasteiger partial charge in [-0.05, 0) is 47.3 Å². The van der Waals surface area contributed by atoms with E-state index in [2.05, 4.69) is 71.6 Å². The zero-order chi connectivity index (χ0) is 16.9. The lowest BCUT2D eigenvalue weighted by Gasteiger charge is -2.07. The van der Waals surface area contributed by atoms with E-state index in [0.29, 0.717) is 17.1 Å². The molecule has 0 spiro atoms. The molecule has 0 atom stereocenters.